The van der Waals surface area contributed by atoms with Gasteiger partial charge in [0.25, 0.3) is 0 Å². The number of imidazole rings is 1. The third-order valence-electron chi connectivity index (χ3n) is 3.90. The summed E-state index contributed by atoms with van der Waals surface area (Å²) in [6, 6.07) is 11.9. The Balaban J connectivity index is 1.96. The molecular weight excluding hydrogens is 322 g/mol. The highest BCUT2D eigenvalue weighted by Gasteiger charge is 2.15. The zero-order chi connectivity index (χ0) is 16.5. The topological polar surface area (TPSA) is 49.2 Å². The molecule has 5 nitrogen and oxygen atoms in total. The maximum atomic E-state index is 5.53. The molecule has 0 radical (unpaired) electrons. The highest BCUT2D eigenvalue weighted by Crippen LogP contribution is 2.37. The number of nitrogens with zero attached hydrogens (tertiary/aromatic N) is 3. The summed E-state index contributed by atoms with van der Waals surface area (Å²) in [5.74, 6) is 1.56. The molecule has 120 valence electrons. The SMILES string of the molecule is COc1ccc(OC)c(-c2cccc3c2ncn3-c2nccs2)c1. The van der Waals surface area contributed by atoms with Crippen molar-refractivity contribution in [3.63, 3.8) is 0 Å². The summed E-state index contributed by atoms with van der Waals surface area (Å²) in [6.07, 6.45) is 3.60. The normalized spacial score (nSPS) is 10.9. The van der Waals surface area contributed by atoms with Gasteiger partial charge >= 0.3 is 0 Å². The van der Waals surface area contributed by atoms with Crippen LogP contribution in [0.5, 0.6) is 11.5 Å². The Morgan fingerprint density at radius 1 is 1.00 bits per heavy atom. The van der Waals surface area contributed by atoms with Gasteiger partial charge in [0.05, 0.1) is 25.3 Å². The molecule has 0 aliphatic carbocycles. The Morgan fingerprint density at radius 3 is 2.67 bits per heavy atom. The number of ether oxygens (including phenoxy) is 2. The Labute approximate surface area is 143 Å². The molecule has 6 heteroatoms. The summed E-state index contributed by atoms with van der Waals surface area (Å²) in [4.78, 5) is 8.98. The molecule has 2 heterocycles. The minimum atomic E-state index is 0.780. The van der Waals surface area contributed by atoms with Crippen molar-refractivity contribution in [2.45, 2.75) is 0 Å². The monoisotopic (exact) mass is 337 g/mol. The van der Waals surface area contributed by atoms with Crippen LogP contribution in [0.25, 0.3) is 27.3 Å². The molecule has 0 saturated heterocycles. The maximum absolute atomic E-state index is 5.53. The van der Waals surface area contributed by atoms with Crippen molar-refractivity contribution in [2.24, 2.45) is 0 Å². The highest BCUT2D eigenvalue weighted by atomic mass is 32.1. The lowest BCUT2D eigenvalue weighted by molar-refractivity contribution is 0.404. The van der Waals surface area contributed by atoms with Gasteiger partial charge in [-0.05, 0) is 24.3 Å². The van der Waals surface area contributed by atoms with E-state index in [-0.39, 0.29) is 0 Å². The van der Waals surface area contributed by atoms with Crippen LogP contribution in [-0.2, 0) is 0 Å². The first kappa shape index (κ1) is 14.7. The fraction of sp³-hybridized carbons (Fsp3) is 0.111. The third kappa shape index (κ3) is 2.32. The zero-order valence-electron chi connectivity index (χ0n) is 13.3. The van der Waals surface area contributed by atoms with E-state index in [0.717, 1.165) is 38.8 Å². The summed E-state index contributed by atoms with van der Waals surface area (Å²) in [6.45, 7) is 0. The van der Waals surface area contributed by atoms with Gasteiger partial charge in [0.15, 0.2) is 5.13 Å². The lowest BCUT2D eigenvalue weighted by Gasteiger charge is -2.11. The third-order valence-corrected chi connectivity index (χ3v) is 4.67. The quantitative estimate of drug-likeness (QED) is 0.561. The predicted molar refractivity (Wildman–Crippen MR) is 95.3 cm³/mol. The first-order valence-electron chi connectivity index (χ1n) is 7.40. The van der Waals surface area contributed by atoms with Crippen molar-refractivity contribution in [1.29, 1.82) is 0 Å². The Hall–Kier alpha value is -2.86. The molecule has 4 aromatic rings. The van der Waals surface area contributed by atoms with Crippen molar-refractivity contribution in [2.75, 3.05) is 14.2 Å². The van der Waals surface area contributed by atoms with Crippen LogP contribution in [0.4, 0.5) is 0 Å². The molecule has 0 unspecified atom stereocenters. The minimum Gasteiger partial charge on any atom is -0.497 e. The van der Waals surface area contributed by atoms with Crippen molar-refractivity contribution in [3.8, 4) is 27.8 Å². The molecular formula is C18H15N3O2S. The van der Waals surface area contributed by atoms with Crippen LogP contribution >= 0.6 is 11.3 Å². The van der Waals surface area contributed by atoms with E-state index >= 15 is 0 Å². The second-order valence-electron chi connectivity index (χ2n) is 5.17. The van der Waals surface area contributed by atoms with Crippen molar-refractivity contribution < 1.29 is 9.47 Å². The summed E-state index contributed by atoms with van der Waals surface area (Å²) in [7, 11) is 3.32. The fourth-order valence-corrected chi connectivity index (χ4v) is 3.39. The van der Waals surface area contributed by atoms with Gasteiger partial charge in [0, 0.05) is 22.7 Å². The van der Waals surface area contributed by atoms with Crippen molar-refractivity contribution in [3.05, 3.63) is 54.3 Å². The number of rotatable bonds is 4. The van der Waals surface area contributed by atoms with Crippen LogP contribution in [0.3, 0.4) is 0 Å². The molecule has 0 aliphatic rings. The van der Waals surface area contributed by atoms with Gasteiger partial charge < -0.3 is 9.47 Å². The van der Waals surface area contributed by atoms with Gasteiger partial charge in [0.2, 0.25) is 0 Å². The van der Waals surface area contributed by atoms with Crippen molar-refractivity contribution in [1.82, 2.24) is 14.5 Å². The summed E-state index contributed by atoms with van der Waals surface area (Å²) in [5, 5.41) is 2.85. The van der Waals surface area contributed by atoms with Gasteiger partial charge in [-0.1, -0.05) is 12.1 Å². The fourth-order valence-electron chi connectivity index (χ4n) is 2.77. The molecule has 0 fully saturated rings. The van der Waals surface area contributed by atoms with Crippen LogP contribution in [0.2, 0.25) is 0 Å². The standard InChI is InChI=1S/C18H15N3O2S/c1-22-12-6-7-16(23-2)14(10-12)13-4-3-5-15-17(13)20-11-21(15)18-19-8-9-24-18/h3-11H,1-2H3. The number of hydrogen-bond donors (Lipinski definition) is 0. The summed E-state index contributed by atoms with van der Waals surface area (Å²) < 4.78 is 12.9. The Morgan fingerprint density at radius 2 is 1.92 bits per heavy atom. The molecule has 0 bridgehead atoms. The van der Waals surface area contributed by atoms with E-state index in [0.29, 0.717) is 0 Å². The lowest BCUT2D eigenvalue weighted by atomic mass is 10.0. The lowest BCUT2D eigenvalue weighted by Crippen LogP contribution is -1.92. The predicted octanol–water partition coefficient (Wildman–Crippen LogP) is 4.17. The molecule has 2 aromatic heterocycles. The second kappa shape index (κ2) is 5.98. The Bertz CT molecular complexity index is 993. The van der Waals surface area contributed by atoms with E-state index < -0.39 is 0 Å². The molecule has 2 aromatic carbocycles. The Kier molecular flexibility index (Phi) is 3.66. The average Bonchev–Trinajstić information content (AvgIpc) is 3.29. The first-order chi connectivity index (χ1) is 11.8. The van der Waals surface area contributed by atoms with E-state index in [4.69, 9.17) is 9.47 Å². The molecule has 0 spiro atoms. The molecule has 0 saturated carbocycles. The molecule has 0 amide bonds. The van der Waals surface area contributed by atoms with Crippen LogP contribution in [0.1, 0.15) is 0 Å². The molecule has 4 rings (SSSR count). The van der Waals surface area contributed by atoms with Crippen LogP contribution < -0.4 is 9.47 Å². The number of methoxy groups -OCH3 is 2. The van der Waals surface area contributed by atoms with E-state index in [1.54, 1.807) is 38.1 Å². The zero-order valence-corrected chi connectivity index (χ0v) is 14.1. The molecule has 0 atom stereocenters. The number of hydrogen-bond acceptors (Lipinski definition) is 5. The minimum absolute atomic E-state index is 0.780. The maximum Gasteiger partial charge on any atom is 0.195 e. The second-order valence-corrected chi connectivity index (χ2v) is 6.04. The van der Waals surface area contributed by atoms with Crippen LogP contribution in [0, 0.1) is 0 Å². The van der Waals surface area contributed by atoms with Crippen LogP contribution in [0.15, 0.2) is 54.3 Å². The number of aromatic nitrogens is 3. The van der Waals surface area contributed by atoms with Crippen LogP contribution in [-0.4, -0.2) is 28.8 Å². The average molecular weight is 337 g/mol. The highest BCUT2D eigenvalue weighted by molar-refractivity contribution is 7.12. The molecule has 0 N–H and O–H groups in total. The smallest absolute Gasteiger partial charge is 0.195 e. The van der Waals surface area contributed by atoms with Gasteiger partial charge in [0.1, 0.15) is 17.8 Å². The number of fused-ring (bicyclic) bond motifs is 1. The largest absolute Gasteiger partial charge is 0.497 e. The number of benzene rings is 2. The van der Waals surface area contributed by atoms with E-state index in [1.807, 2.05) is 46.3 Å². The van der Waals surface area contributed by atoms with Gasteiger partial charge in [-0.15, -0.1) is 11.3 Å². The first-order valence-corrected chi connectivity index (χ1v) is 8.28. The van der Waals surface area contributed by atoms with E-state index in [1.165, 1.54) is 0 Å². The summed E-state index contributed by atoms with van der Waals surface area (Å²) in [5.41, 5.74) is 3.86. The molecule has 0 aliphatic heterocycles. The number of para-hydroxylation sites is 1. The van der Waals surface area contributed by atoms with Gasteiger partial charge in [-0.25, -0.2) is 9.97 Å². The van der Waals surface area contributed by atoms with Gasteiger partial charge in [-0.3, -0.25) is 4.57 Å². The summed E-state index contributed by atoms with van der Waals surface area (Å²) >= 11 is 1.58. The molecule has 24 heavy (non-hydrogen) atoms. The number of thiazole rings is 1. The van der Waals surface area contributed by atoms with Gasteiger partial charge in [-0.2, -0.15) is 0 Å². The van der Waals surface area contributed by atoms with E-state index in [9.17, 15) is 0 Å². The van der Waals surface area contributed by atoms with Crippen molar-refractivity contribution >= 4 is 22.4 Å². The van der Waals surface area contributed by atoms with E-state index in [2.05, 4.69) is 9.97 Å².